The molecule has 1 unspecified atom stereocenters. The molecule has 0 aliphatic rings. The van der Waals surface area contributed by atoms with E-state index in [1.165, 1.54) is 12.1 Å². The van der Waals surface area contributed by atoms with Crippen LogP contribution < -0.4 is 11.1 Å². The van der Waals surface area contributed by atoms with Crippen molar-refractivity contribution in [3.63, 3.8) is 0 Å². The fourth-order valence-corrected chi connectivity index (χ4v) is 1.59. The van der Waals surface area contributed by atoms with Gasteiger partial charge >= 0.3 is 0 Å². The van der Waals surface area contributed by atoms with Gasteiger partial charge < -0.3 is 15.5 Å². The Kier molecular flexibility index (Phi) is 3.97. The average Bonchev–Trinajstić information content (AvgIpc) is 2.87. The van der Waals surface area contributed by atoms with Crippen molar-refractivity contribution in [3.8, 4) is 0 Å². The van der Waals surface area contributed by atoms with Gasteiger partial charge in [-0.3, -0.25) is 4.79 Å². The van der Waals surface area contributed by atoms with Crippen molar-refractivity contribution in [2.75, 3.05) is 0 Å². The molecule has 1 atom stereocenters. The number of carbonyl (C=O) groups is 1. The number of carbonyl (C=O) groups excluding carboxylic acids is 1. The molecule has 0 saturated carbocycles. The quantitative estimate of drug-likeness (QED) is 0.888. The van der Waals surface area contributed by atoms with Crippen LogP contribution in [0, 0.1) is 5.82 Å². The third kappa shape index (κ3) is 3.42. The Morgan fingerprint density at radius 1 is 1.32 bits per heavy atom. The molecule has 0 aliphatic carbocycles. The number of furan rings is 1. The number of amides is 1. The van der Waals surface area contributed by atoms with E-state index in [-0.39, 0.29) is 23.5 Å². The van der Waals surface area contributed by atoms with Crippen LogP contribution in [0.5, 0.6) is 0 Å². The maximum atomic E-state index is 12.7. The second-order valence-electron chi connectivity index (χ2n) is 4.30. The predicted octanol–water partition coefficient (Wildman–Crippen LogP) is 2.37. The van der Waals surface area contributed by atoms with Crippen molar-refractivity contribution in [2.24, 2.45) is 5.73 Å². The Morgan fingerprint density at radius 2 is 2.00 bits per heavy atom. The average molecular weight is 262 g/mol. The van der Waals surface area contributed by atoms with Crippen LogP contribution in [0.15, 0.2) is 40.8 Å². The monoisotopic (exact) mass is 262 g/mol. The van der Waals surface area contributed by atoms with Gasteiger partial charge in [-0.05, 0) is 36.8 Å². The molecule has 5 heteroatoms. The second-order valence-corrected chi connectivity index (χ2v) is 4.30. The van der Waals surface area contributed by atoms with Crippen LogP contribution in [-0.4, -0.2) is 5.91 Å². The van der Waals surface area contributed by atoms with Gasteiger partial charge in [0.15, 0.2) is 5.76 Å². The smallest absolute Gasteiger partial charge is 0.287 e. The van der Waals surface area contributed by atoms with E-state index < -0.39 is 0 Å². The van der Waals surface area contributed by atoms with E-state index in [0.717, 1.165) is 5.56 Å². The highest BCUT2D eigenvalue weighted by molar-refractivity contribution is 5.91. The van der Waals surface area contributed by atoms with Gasteiger partial charge in [0.2, 0.25) is 0 Å². The van der Waals surface area contributed by atoms with Crippen LogP contribution in [0.4, 0.5) is 4.39 Å². The van der Waals surface area contributed by atoms with E-state index in [9.17, 15) is 9.18 Å². The molecule has 1 heterocycles. The largest absolute Gasteiger partial charge is 0.454 e. The third-order valence-corrected chi connectivity index (χ3v) is 2.67. The van der Waals surface area contributed by atoms with Crippen molar-refractivity contribution < 1.29 is 13.6 Å². The molecule has 2 rings (SSSR count). The first kappa shape index (κ1) is 13.3. The number of halogens is 1. The summed E-state index contributed by atoms with van der Waals surface area (Å²) in [7, 11) is 0. The minimum atomic E-state index is -0.323. The highest BCUT2D eigenvalue weighted by Crippen LogP contribution is 2.14. The van der Waals surface area contributed by atoms with E-state index >= 15 is 0 Å². The molecule has 0 saturated heterocycles. The molecule has 2 aromatic rings. The van der Waals surface area contributed by atoms with E-state index in [0.29, 0.717) is 12.3 Å². The first-order chi connectivity index (χ1) is 9.06. The van der Waals surface area contributed by atoms with Crippen LogP contribution in [0.1, 0.15) is 34.8 Å². The summed E-state index contributed by atoms with van der Waals surface area (Å²) < 4.78 is 18.0. The molecule has 0 aliphatic heterocycles. The highest BCUT2D eigenvalue weighted by atomic mass is 19.1. The summed E-state index contributed by atoms with van der Waals surface area (Å²) in [5.41, 5.74) is 6.46. The Labute approximate surface area is 110 Å². The zero-order valence-electron chi connectivity index (χ0n) is 10.5. The first-order valence-electron chi connectivity index (χ1n) is 5.94. The lowest BCUT2D eigenvalue weighted by Crippen LogP contribution is -2.22. The van der Waals surface area contributed by atoms with Gasteiger partial charge in [0, 0.05) is 6.54 Å². The third-order valence-electron chi connectivity index (χ3n) is 2.67. The normalized spacial score (nSPS) is 12.2. The number of rotatable bonds is 4. The molecular weight excluding hydrogens is 247 g/mol. The van der Waals surface area contributed by atoms with E-state index in [4.69, 9.17) is 10.2 Å². The molecule has 4 nitrogen and oxygen atoms in total. The lowest BCUT2D eigenvalue weighted by Gasteiger charge is -2.04. The molecular formula is C14H15FN2O2. The molecule has 0 radical (unpaired) electrons. The Bertz CT molecular complexity index is 561. The van der Waals surface area contributed by atoms with E-state index in [1.54, 1.807) is 31.2 Å². The van der Waals surface area contributed by atoms with Crippen LogP contribution in [0.25, 0.3) is 0 Å². The number of nitrogens with one attached hydrogen (secondary N) is 1. The van der Waals surface area contributed by atoms with Crippen LogP contribution in [0.3, 0.4) is 0 Å². The van der Waals surface area contributed by atoms with Crippen molar-refractivity contribution >= 4 is 5.91 Å². The molecule has 1 aromatic carbocycles. The summed E-state index contributed by atoms with van der Waals surface area (Å²) in [5, 5.41) is 2.69. The molecule has 0 bridgehead atoms. The minimum Gasteiger partial charge on any atom is -0.454 e. The lowest BCUT2D eigenvalue weighted by atomic mass is 10.2. The maximum Gasteiger partial charge on any atom is 0.287 e. The zero-order valence-corrected chi connectivity index (χ0v) is 10.5. The molecule has 100 valence electrons. The van der Waals surface area contributed by atoms with Crippen molar-refractivity contribution in [3.05, 3.63) is 59.3 Å². The Hall–Kier alpha value is -2.14. The maximum absolute atomic E-state index is 12.7. The number of nitrogens with two attached hydrogens (primary N) is 1. The molecule has 0 spiro atoms. The van der Waals surface area contributed by atoms with Crippen LogP contribution in [-0.2, 0) is 6.54 Å². The number of hydrogen-bond acceptors (Lipinski definition) is 3. The van der Waals surface area contributed by atoms with E-state index in [1.807, 2.05) is 0 Å². The van der Waals surface area contributed by atoms with E-state index in [2.05, 4.69) is 5.32 Å². The summed E-state index contributed by atoms with van der Waals surface area (Å²) in [6, 6.07) is 8.94. The summed E-state index contributed by atoms with van der Waals surface area (Å²) in [6.07, 6.45) is 0. The standard InChI is InChI=1S/C14H15FN2O2/c1-9(16)12-6-7-13(19-12)14(18)17-8-10-2-4-11(15)5-3-10/h2-7,9H,8,16H2,1H3,(H,17,18). The van der Waals surface area contributed by atoms with Gasteiger partial charge in [-0.25, -0.2) is 4.39 Å². The number of hydrogen-bond donors (Lipinski definition) is 2. The SMILES string of the molecule is CC(N)c1ccc(C(=O)NCc2ccc(F)cc2)o1. The highest BCUT2D eigenvalue weighted by Gasteiger charge is 2.12. The Balaban J connectivity index is 1.95. The van der Waals surface area contributed by atoms with Gasteiger partial charge in [-0.1, -0.05) is 12.1 Å². The van der Waals surface area contributed by atoms with Gasteiger partial charge in [0.25, 0.3) is 5.91 Å². The lowest BCUT2D eigenvalue weighted by molar-refractivity contribution is 0.0921. The first-order valence-corrected chi connectivity index (χ1v) is 5.94. The summed E-state index contributed by atoms with van der Waals surface area (Å²) in [4.78, 5) is 11.8. The topological polar surface area (TPSA) is 68.3 Å². The Morgan fingerprint density at radius 3 is 2.58 bits per heavy atom. The van der Waals surface area contributed by atoms with Gasteiger partial charge in [-0.2, -0.15) is 0 Å². The summed E-state index contributed by atoms with van der Waals surface area (Å²) in [6.45, 7) is 2.09. The summed E-state index contributed by atoms with van der Waals surface area (Å²) >= 11 is 0. The molecule has 1 amide bonds. The van der Waals surface area contributed by atoms with Crippen LogP contribution >= 0.6 is 0 Å². The molecule has 3 N–H and O–H groups in total. The molecule has 1 aromatic heterocycles. The predicted molar refractivity (Wildman–Crippen MR) is 68.9 cm³/mol. The number of benzene rings is 1. The second kappa shape index (κ2) is 5.67. The molecule has 0 fully saturated rings. The van der Waals surface area contributed by atoms with Gasteiger partial charge in [-0.15, -0.1) is 0 Å². The van der Waals surface area contributed by atoms with Crippen LogP contribution in [0.2, 0.25) is 0 Å². The van der Waals surface area contributed by atoms with Crippen molar-refractivity contribution in [1.29, 1.82) is 0 Å². The fourth-order valence-electron chi connectivity index (χ4n) is 1.59. The van der Waals surface area contributed by atoms with Crippen molar-refractivity contribution in [2.45, 2.75) is 19.5 Å². The fraction of sp³-hybridized carbons (Fsp3) is 0.214. The minimum absolute atomic E-state index is 0.217. The summed E-state index contributed by atoms with van der Waals surface area (Å²) in [5.74, 6) is 0.153. The zero-order chi connectivity index (χ0) is 13.8. The molecule has 19 heavy (non-hydrogen) atoms. The van der Waals surface area contributed by atoms with Crippen molar-refractivity contribution in [1.82, 2.24) is 5.32 Å². The van der Waals surface area contributed by atoms with Gasteiger partial charge in [0.05, 0.1) is 6.04 Å². The van der Waals surface area contributed by atoms with Gasteiger partial charge in [0.1, 0.15) is 11.6 Å².